The van der Waals surface area contributed by atoms with E-state index in [1.807, 2.05) is 20.8 Å². The topological polar surface area (TPSA) is 97.7 Å². The van der Waals surface area contributed by atoms with E-state index in [0.29, 0.717) is 45.3 Å². The Bertz CT molecular complexity index is 1290. The monoisotopic (exact) mass is 547 g/mol. The van der Waals surface area contributed by atoms with Gasteiger partial charge in [0.15, 0.2) is 0 Å². The van der Waals surface area contributed by atoms with Crippen molar-refractivity contribution in [3.63, 3.8) is 0 Å². The maximum absolute atomic E-state index is 13.0. The van der Waals surface area contributed by atoms with E-state index in [4.69, 9.17) is 32.7 Å². The third kappa shape index (κ3) is 6.87. The van der Waals surface area contributed by atoms with Crippen LogP contribution in [0.15, 0.2) is 42.5 Å². The summed E-state index contributed by atoms with van der Waals surface area (Å²) in [4.78, 5) is 27.4. The summed E-state index contributed by atoms with van der Waals surface area (Å²) < 4.78 is 12.1. The predicted molar refractivity (Wildman–Crippen MR) is 147 cm³/mol. The Kier molecular flexibility index (Phi) is 8.94. The van der Waals surface area contributed by atoms with E-state index < -0.39 is 6.03 Å². The highest BCUT2D eigenvalue weighted by molar-refractivity contribution is 6.42. The molecular weight excluding hydrogens is 517 g/mol. The van der Waals surface area contributed by atoms with Crippen LogP contribution in [-0.2, 0) is 10.2 Å². The fraction of sp³-hybridized carbons (Fsp3) is 0.346. The molecule has 2 aromatic carbocycles. The van der Waals surface area contributed by atoms with Gasteiger partial charge in [0.05, 0.1) is 41.3 Å². The SMILES string of the molecule is CCN(CC(=O)Nc1cc(C(C)(C)C)nn1-c1ccc(Cl)c(Cl)c1)C(=O)Nc1ccc(OC)cc1OC. The molecule has 198 valence electrons. The number of nitrogens with zero attached hydrogens (tertiary/aromatic N) is 3. The summed E-state index contributed by atoms with van der Waals surface area (Å²) in [5.74, 6) is 1.09. The second-order valence-electron chi connectivity index (χ2n) is 9.23. The number of urea groups is 1. The van der Waals surface area contributed by atoms with Gasteiger partial charge in [-0.25, -0.2) is 9.48 Å². The number of carbonyl (C=O) groups is 2. The van der Waals surface area contributed by atoms with Gasteiger partial charge < -0.3 is 25.0 Å². The van der Waals surface area contributed by atoms with Crippen molar-refractivity contribution in [2.24, 2.45) is 0 Å². The highest BCUT2D eigenvalue weighted by Crippen LogP contribution is 2.30. The smallest absolute Gasteiger partial charge is 0.322 e. The van der Waals surface area contributed by atoms with Crippen molar-refractivity contribution in [3.8, 4) is 17.2 Å². The molecule has 0 radical (unpaired) electrons. The van der Waals surface area contributed by atoms with Crippen molar-refractivity contribution in [2.75, 3.05) is 37.9 Å². The number of nitrogens with one attached hydrogen (secondary N) is 2. The Balaban J connectivity index is 1.80. The van der Waals surface area contributed by atoms with E-state index >= 15 is 0 Å². The number of amides is 3. The first-order valence-corrected chi connectivity index (χ1v) is 12.4. The molecule has 3 amide bonds. The number of aromatic nitrogens is 2. The summed E-state index contributed by atoms with van der Waals surface area (Å²) in [5.41, 5.74) is 1.59. The quantitative estimate of drug-likeness (QED) is 0.361. The van der Waals surface area contributed by atoms with E-state index in [1.54, 1.807) is 61.2 Å². The Hall–Kier alpha value is -3.43. The molecule has 11 heteroatoms. The molecule has 0 saturated carbocycles. The number of anilines is 2. The molecule has 0 unspecified atom stereocenters. The molecule has 0 saturated heterocycles. The normalized spacial score (nSPS) is 11.1. The summed E-state index contributed by atoms with van der Waals surface area (Å²) in [6.45, 7) is 7.98. The van der Waals surface area contributed by atoms with Crippen LogP contribution < -0.4 is 20.1 Å². The van der Waals surface area contributed by atoms with Crippen LogP contribution in [0.4, 0.5) is 16.3 Å². The van der Waals surface area contributed by atoms with Gasteiger partial charge in [-0.15, -0.1) is 0 Å². The molecule has 9 nitrogen and oxygen atoms in total. The minimum absolute atomic E-state index is 0.182. The van der Waals surface area contributed by atoms with Gasteiger partial charge in [0.1, 0.15) is 23.9 Å². The van der Waals surface area contributed by atoms with E-state index in [-0.39, 0.29) is 17.9 Å². The van der Waals surface area contributed by atoms with Crippen LogP contribution in [0, 0.1) is 0 Å². The van der Waals surface area contributed by atoms with Gasteiger partial charge in [-0.2, -0.15) is 5.10 Å². The fourth-order valence-electron chi connectivity index (χ4n) is 3.43. The van der Waals surface area contributed by atoms with Gasteiger partial charge >= 0.3 is 6.03 Å². The number of hydrogen-bond acceptors (Lipinski definition) is 5. The molecule has 0 aliphatic carbocycles. The number of ether oxygens (including phenoxy) is 2. The first-order valence-electron chi connectivity index (χ1n) is 11.6. The number of halogens is 2. The number of rotatable bonds is 8. The summed E-state index contributed by atoms with van der Waals surface area (Å²) in [5, 5.41) is 11.1. The van der Waals surface area contributed by atoms with Crippen LogP contribution in [-0.4, -0.2) is 53.9 Å². The van der Waals surface area contributed by atoms with Gasteiger partial charge in [-0.1, -0.05) is 44.0 Å². The minimum atomic E-state index is -0.450. The average molecular weight is 548 g/mol. The number of likely N-dealkylation sites (N-methyl/N-ethyl adjacent to an activating group) is 1. The summed E-state index contributed by atoms with van der Waals surface area (Å²) in [6.07, 6.45) is 0. The maximum atomic E-state index is 13.0. The van der Waals surface area contributed by atoms with Crippen LogP contribution in [0.5, 0.6) is 11.5 Å². The second-order valence-corrected chi connectivity index (χ2v) is 10.0. The molecule has 1 heterocycles. The van der Waals surface area contributed by atoms with Crippen LogP contribution >= 0.6 is 23.2 Å². The maximum Gasteiger partial charge on any atom is 0.322 e. The van der Waals surface area contributed by atoms with Gasteiger partial charge in [-0.05, 0) is 37.3 Å². The third-order valence-electron chi connectivity index (χ3n) is 5.55. The molecule has 0 bridgehead atoms. The Morgan fingerprint density at radius 3 is 2.32 bits per heavy atom. The lowest BCUT2D eigenvalue weighted by atomic mass is 9.92. The van der Waals surface area contributed by atoms with Crippen LogP contribution in [0.2, 0.25) is 10.0 Å². The van der Waals surface area contributed by atoms with Crippen LogP contribution in [0.1, 0.15) is 33.4 Å². The molecule has 1 aromatic heterocycles. The van der Waals surface area contributed by atoms with E-state index in [1.165, 1.54) is 12.0 Å². The van der Waals surface area contributed by atoms with Gasteiger partial charge in [0.2, 0.25) is 5.91 Å². The standard InChI is InChI=1S/C26H31Cl2N5O4/c1-7-32(25(35)29-20-11-9-17(36-5)13-21(20)37-6)15-24(34)30-23-14-22(26(2,3)4)31-33(23)16-8-10-18(27)19(28)12-16/h8-14H,7,15H2,1-6H3,(H,29,35)(H,30,34). The predicted octanol–water partition coefficient (Wildman–Crippen LogP) is 5.99. The molecule has 0 aliphatic heterocycles. The lowest BCUT2D eigenvalue weighted by molar-refractivity contribution is -0.116. The van der Waals surface area contributed by atoms with Crippen molar-refractivity contribution < 1.29 is 19.1 Å². The first kappa shape index (κ1) is 28.1. The lowest BCUT2D eigenvalue weighted by Crippen LogP contribution is -2.40. The lowest BCUT2D eigenvalue weighted by Gasteiger charge is -2.22. The van der Waals surface area contributed by atoms with Crippen molar-refractivity contribution in [2.45, 2.75) is 33.1 Å². The van der Waals surface area contributed by atoms with E-state index in [2.05, 4.69) is 15.7 Å². The van der Waals surface area contributed by atoms with E-state index in [0.717, 1.165) is 5.69 Å². The van der Waals surface area contributed by atoms with Gasteiger partial charge in [0.25, 0.3) is 0 Å². The van der Waals surface area contributed by atoms with Crippen molar-refractivity contribution >= 4 is 46.6 Å². The molecule has 0 fully saturated rings. The summed E-state index contributed by atoms with van der Waals surface area (Å²) in [7, 11) is 3.04. The summed E-state index contributed by atoms with van der Waals surface area (Å²) in [6, 6.07) is 11.5. The molecule has 0 spiro atoms. The highest BCUT2D eigenvalue weighted by Gasteiger charge is 2.23. The van der Waals surface area contributed by atoms with Crippen LogP contribution in [0.25, 0.3) is 5.69 Å². The largest absolute Gasteiger partial charge is 0.497 e. The van der Waals surface area contributed by atoms with Gasteiger partial charge in [0, 0.05) is 24.1 Å². The van der Waals surface area contributed by atoms with Crippen LogP contribution in [0.3, 0.4) is 0 Å². The highest BCUT2D eigenvalue weighted by atomic mass is 35.5. The number of hydrogen-bond donors (Lipinski definition) is 2. The van der Waals surface area contributed by atoms with Crippen molar-refractivity contribution in [1.29, 1.82) is 0 Å². The number of benzene rings is 2. The van der Waals surface area contributed by atoms with E-state index in [9.17, 15) is 9.59 Å². The Morgan fingerprint density at radius 2 is 1.73 bits per heavy atom. The number of methoxy groups -OCH3 is 2. The Morgan fingerprint density at radius 1 is 1.00 bits per heavy atom. The average Bonchev–Trinajstić information content (AvgIpc) is 3.28. The molecular formula is C26H31Cl2N5O4. The summed E-state index contributed by atoms with van der Waals surface area (Å²) >= 11 is 12.3. The molecule has 3 rings (SSSR count). The van der Waals surface area contributed by atoms with Gasteiger partial charge in [-0.3, -0.25) is 4.79 Å². The molecule has 2 N–H and O–H groups in total. The van der Waals surface area contributed by atoms with Crippen molar-refractivity contribution in [3.05, 3.63) is 58.2 Å². The number of carbonyl (C=O) groups excluding carboxylic acids is 2. The Labute approximate surface area is 226 Å². The van der Waals surface area contributed by atoms with Crippen molar-refractivity contribution in [1.82, 2.24) is 14.7 Å². The fourth-order valence-corrected chi connectivity index (χ4v) is 3.72. The second kappa shape index (κ2) is 11.7. The molecule has 3 aromatic rings. The third-order valence-corrected chi connectivity index (χ3v) is 6.29. The minimum Gasteiger partial charge on any atom is -0.497 e. The first-order chi connectivity index (χ1) is 17.5. The zero-order valence-corrected chi connectivity index (χ0v) is 23.2. The zero-order valence-electron chi connectivity index (χ0n) is 21.7. The molecule has 0 aliphatic rings. The molecule has 0 atom stereocenters. The molecule has 37 heavy (non-hydrogen) atoms. The zero-order chi connectivity index (χ0) is 27.3.